The molecule has 1 N–H and O–H groups in total. The first kappa shape index (κ1) is 18.1. The van der Waals surface area contributed by atoms with E-state index in [2.05, 4.69) is 10.3 Å². The molecule has 0 unspecified atom stereocenters. The van der Waals surface area contributed by atoms with Gasteiger partial charge in [0.15, 0.2) is 0 Å². The van der Waals surface area contributed by atoms with Crippen LogP contribution < -0.4 is 34.9 Å². The van der Waals surface area contributed by atoms with Crippen LogP contribution in [0.15, 0.2) is 47.5 Å². The van der Waals surface area contributed by atoms with Crippen molar-refractivity contribution in [2.75, 3.05) is 5.32 Å². The summed E-state index contributed by atoms with van der Waals surface area (Å²) in [6.45, 7) is 0. The van der Waals surface area contributed by atoms with E-state index in [0.717, 1.165) is 12.1 Å². The average Bonchev–Trinajstić information content (AvgIpc) is 2.39. The Morgan fingerprint density at radius 3 is 2.24 bits per heavy atom. The summed E-state index contributed by atoms with van der Waals surface area (Å²) in [6.07, 6.45) is 1.31. The Labute approximate surface area is 148 Å². The second-order valence-corrected chi connectivity index (χ2v) is 5.57. The van der Waals surface area contributed by atoms with Gasteiger partial charge in [0.2, 0.25) is 0 Å². The van der Waals surface area contributed by atoms with E-state index < -0.39 is 16.0 Å². The van der Waals surface area contributed by atoms with Crippen molar-refractivity contribution in [3.63, 3.8) is 0 Å². The van der Waals surface area contributed by atoms with Crippen molar-refractivity contribution < 1.29 is 47.3 Å². The van der Waals surface area contributed by atoms with Crippen LogP contribution in [-0.4, -0.2) is 23.9 Å². The van der Waals surface area contributed by atoms with Crippen molar-refractivity contribution in [2.24, 2.45) is 0 Å². The normalized spacial score (nSPS) is 10.6. The zero-order valence-electron chi connectivity index (χ0n) is 10.9. The predicted molar refractivity (Wildman–Crippen MR) is 71.6 cm³/mol. The molecule has 2 rings (SSSR count). The van der Waals surface area contributed by atoms with Gasteiger partial charge in [0.1, 0.15) is 15.3 Å². The second-order valence-electron chi connectivity index (χ2n) is 3.80. The van der Waals surface area contributed by atoms with Crippen molar-refractivity contribution in [1.82, 2.24) is 4.98 Å². The number of hydrogen-bond donors (Lipinski definition) is 1. The Kier molecular flexibility index (Phi) is 6.33. The van der Waals surface area contributed by atoms with Crippen LogP contribution in [0.25, 0.3) is 0 Å². The van der Waals surface area contributed by atoms with Crippen LogP contribution in [-0.2, 0) is 10.1 Å². The fraction of sp³-hybridized carbons (Fsp3) is 0. The van der Waals surface area contributed by atoms with Crippen LogP contribution >= 0.6 is 11.6 Å². The number of anilines is 1. The molecule has 0 aliphatic rings. The van der Waals surface area contributed by atoms with Crippen LogP contribution in [0.4, 0.5) is 5.69 Å². The van der Waals surface area contributed by atoms with Crippen molar-refractivity contribution in [1.29, 1.82) is 0 Å². The summed E-state index contributed by atoms with van der Waals surface area (Å²) in [4.78, 5) is 15.2. The smallest absolute Gasteiger partial charge is 0.744 e. The Morgan fingerprint density at radius 2 is 1.76 bits per heavy atom. The molecule has 104 valence electrons. The third kappa shape index (κ3) is 5.06. The van der Waals surface area contributed by atoms with Crippen LogP contribution in [0.2, 0.25) is 5.15 Å². The van der Waals surface area contributed by atoms with E-state index in [0.29, 0.717) is 11.3 Å². The van der Waals surface area contributed by atoms with Gasteiger partial charge in [-0.25, -0.2) is 13.4 Å². The van der Waals surface area contributed by atoms with E-state index in [1.807, 2.05) is 0 Å². The molecule has 2 aromatic rings. The van der Waals surface area contributed by atoms with Crippen molar-refractivity contribution in [3.05, 3.63) is 53.3 Å². The minimum atomic E-state index is -4.49. The summed E-state index contributed by atoms with van der Waals surface area (Å²) < 4.78 is 32.3. The predicted octanol–water partition coefficient (Wildman–Crippen LogP) is -1.10. The number of hydrogen-bond acceptors (Lipinski definition) is 5. The maximum Gasteiger partial charge on any atom is 1.00 e. The summed E-state index contributed by atoms with van der Waals surface area (Å²) in [5.74, 6) is -0.424. The Bertz CT molecular complexity index is 733. The van der Waals surface area contributed by atoms with Crippen LogP contribution in [0.5, 0.6) is 0 Å². The number of pyridine rings is 1. The molecular formula is C12H8ClN2NaO4S. The van der Waals surface area contributed by atoms with Crippen LogP contribution in [0.1, 0.15) is 10.4 Å². The molecule has 1 amide bonds. The topological polar surface area (TPSA) is 99.2 Å². The molecule has 1 aromatic heterocycles. The molecule has 0 fully saturated rings. The van der Waals surface area contributed by atoms with Crippen molar-refractivity contribution in [3.8, 4) is 0 Å². The molecule has 0 aliphatic carbocycles. The minimum absolute atomic E-state index is 0. The van der Waals surface area contributed by atoms with E-state index in [-0.39, 0.29) is 39.6 Å². The number of rotatable bonds is 3. The van der Waals surface area contributed by atoms with Gasteiger partial charge in [0.05, 0.1) is 10.5 Å². The SMILES string of the molecule is O=C(Nc1ccc(S(=O)(=O)[O-])cc1)c1ccc(Cl)nc1.[Na+]. The molecule has 6 nitrogen and oxygen atoms in total. The number of carbonyl (C=O) groups excluding carboxylic acids is 1. The number of halogens is 1. The maximum atomic E-state index is 11.8. The number of carbonyl (C=O) groups is 1. The average molecular weight is 335 g/mol. The Hall–Kier alpha value is -0.960. The summed E-state index contributed by atoms with van der Waals surface area (Å²) in [7, 11) is -4.49. The zero-order chi connectivity index (χ0) is 14.8. The third-order valence-electron chi connectivity index (χ3n) is 2.39. The van der Waals surface area contributed by atoms with Crippen molar-refractivity contribution in [2.45, 2.75) is 4.90 Å². The minimum Gasteiger partial charge on any atom is -0.744 e. The first-order valence-electron chi connectivity index (χ1n) is 5.35. The largest absolute Gasteiger partial charge is 1.00 e. The molecule has 1 heterocycles. The second kappa shape index (κ2) is 7.35. The number of aromatic nitrogens is 1. The molecule has 0 bridgehead atoms. The molecule has 0 atom stereocenters. The van der Waals surface area contributed by atoms with Gasteiger partial charge in [-0.1, -0.05) is 11.6 Å². The Balaban J connectivity index is 0.00000220. The molecule has 21 heavy (non-hydrogen) atoms. The fourth-order valence-electron chi connectivity index (χ4n) is 1.42. The molecule has 0 aliphatic heterocycles. The number of amides is 1. The van der Waals surface area contributed by atoms with Crippen LogP contribution in [0, 0.1) is 0 Å². The van der Waals surface area contributed by atoms with Gasteiger partial charge < -0.3 is 9.87 Å². The van der Waals surface area contributed by atoms with Gasteiger partial charge in [-0.2, -0.15) is 0 Å². The summed E-state index contributed by atoms with van der Waals surface area (Å²) >= 11 is 5.61. The van der Waals surface area contributed by atoms with E-state index in [9.17, 15) is 17.8 Å². The molecule has 0 radical (unpaired) electrons. The van der Waals surface area contributed by atoms with Gasteiger partial charge in [0, 0.05) is 11.9 Å². The summed E-state index contributed by atoms with van der Waals surface area (Å²) in [5, 5.41) is 2.81. The molecular weight excluding hydrogens is 327 g/mol. The monoisotopic (exact) mass is 334 g/mol. The number of benzene rings is 1. The first-order chi connectivity index (χ1) is 9.36. The number of nitrogens with one attached hydrogen (secondary N) is 1. The maximum absolute atomic E-state index is 11.8. The first-order valence-corrected chi connectivity index (χ1v) is 7.14. The van der Waals surface area contributed by atoms with Gasteiger partial charge in [-0.3, -0.25) is 4.79 Å². The standard InChI is InChI=1S/C12H9ClN2O4S.Na/c13-11-6-1-8(7-14-11)12(16)15-9-2-4-10(5-3-9)20(17,18)19;/h1-7H,(H,15,16)(H,17,18,19);/q;+1/p-1. The van der Waals surface area contributed by atoms with E-state index in [1.165, 1.54) is 30.5 Å². The van der Waals surface area contributed by atoms with Gasteiger partial charge in [-0.15, -0.1) is 0 Å². The molecule has 9 heteroatoms. The van der Waals surface area contributed by atoms with E-state index in [1.54, 1.807) is 0 Å². The van der Waals surface area contributed by atoms with Gasteiger partial charge in [0.25, 0.3) is 5.91 Å². The molecule has 0 spiro atoms. The van der Waals surface area contributed by atoms with E-state index in [4.69, 9.17) is 11.6 Å². The molecule has 1 aromatic carbocycles. The zero-order valence-corrected chi connectivity index (χ0v) is 14.5. The quantitative estimate of drug-likeness (QED) is 0.436. The van der Waals surface area contributed by atoms with Gasteiger partial charge in [-0.05, 0) is 36.4 Å². The summed E-state index contributed by atoms with van der Waals surface area (Å²) in [6, 6.07) is 7.87. The fourth-order valence-corrected chi connectivity index (χ4v) is 2.00. The van der Waals surface area contributed by atoms with Gasteiger partial charge >= 0.3 is 29.6 Å². The van der Waals surface area contributed by atoms with Crippen molar-refractivity contribution >= 4 is 33.3 Å². The summed E-state index contributed by atoms with van der Waals surface area (Å²) in [5.41, 5.74) is 0.660. The number of nitrogens with zero attached hydrogens (tertiary/aromatic N) is 1. The third-order valence-corrected chi connectivity index (χ3v) is 3.46. The van der Waals surface area contributed by atoms with Crippen LogP contribution in [0.3, 0.4) is 0 Å². The van der Waals surface area contributed by atoms with E-state index >= 15 is 0 Å². The Morgan fingerprint density at radius 1 is 1.14 bits per heavy atom. The molecule has 0 saturated heterocycles. The molecule has 0 saturated carbocycles.